The van der Waals surface area contributed by atoms with Gasteiger partial charge in [-0.15, -0.1) is 0 Å². The standard InChI is InChI=1S/C31H36BrNO7/c1-7-11-40-31(35)27-17(3)33-22-13-19(18-9-10-24(36-4)25(15-18)37-5)14-23(34)29(22)28(27)20-12-21(32)30(38-6)26(16-20)39-8-2/h9-10,12,15-16,19,28,33H,7-8,11,13-14H2,1-6H3. The first-order valence-electron chi connectivity index (χ1n) is 13.4. The normalized spacial score (nSPS) is 18.6. The van der Waals surface area contributed by atoms with Crippen LogP contribution in [0.2, 0.25) is 0 Å². The Labute approximate surface area is 243 Å². The van der Waals surface area contributed by atoms with Gasteiger partial charge in [-0.1, -0.05) is 13.0 Å². The summed E-state index contributed by atoms with van der Waals surface area (Å²) in [4.78, 5) is 27.4. The fraction of sp³-hybridized carbons (Fsp3) is 0.419. The number of ether oxygens (including phenoxy) is 5. The van der Waals surface area contributed by atoms with Gasteiger partial charge in [0.2, 0.25) is 0 Å². The monoisotopic (exact) mass is 613 g/mol. The van der Waals surface area contributed by atoms with Crippen LogP contribution in [0.3, 0.4) is 0 Å². The fourth-order valence-electron chi connectivity index (χ4n) is 5.47. The molecule has 0 aromatic heterocycles. The summed E-state index contributed by atoms with van der Waals surface area (Å²) in [7, 11) is 4.76. The summed E-state index contributed by atoms with van der Waals surface area (Å²) in [5, 5.41) is 3.40. The van der Waals surface area contributed by atoms with Gasteiger partial charge in [0.15, 0.2) is 28.8 Å². The van der Waals surface area contributed by atoms with E-state index in [1.165, 1.54) is 0 Å². The third kappa shape index (κ3) is 5.70. The van der Waals surface area contributed by atoms with Crippen LogP contribution >= 0.6 is 15.9 Å². The molecule has 1 aliphatic heterocycles. The lowest BCUT2D eigenvalue weighted by Gasteiger charge is -2.37. The molecule has 40 heavy (non-hydrogen) atoms. The van der Waals surface area contributed by atoms with Crippen molar-refractivity contribution in [3.8, 4) is 23.0 Å². The third-order valence-electron chi connectivity index (χ3n) is 7.23. The van der Waals surface area contributed by atoms with E-state index >= 15 is 0 Å². The Bertz CT molecular complexity index is 1360. The molecule has 1 N–H and O–H groups in total. The molecule has 8 nitrogen and oxygen atoms in total. The summed E-state index contributed by atoms with van der Waals surface area (Å²) in [6, 6.07) is 9.48. The van der Waals surface area contributed by atoms with Crippen LogP contribution in [0.5, 0.6) is 23.0 Å². The van der Waals surface area contributed by atoms with Crippen LogP contribution in [-0.2, 0) is 14.3 Å². The largest absolute Gasteiger partial charge is 0.493 e. The Kier molecular flexibility index (Phi) is 9.45. The molecule has 2 aliphatic rings. The number of carbonyl (C=O) groups is 2. The molecule has 0 bridgehead atoms. The van der Waals surface area contributed by atoms with Gasteiger partial charge >= 0.3 is 5.97 Å². The topological polar surface area (TPSA) is 92.3 Å². The van der Waals surface area contributed by atoms with Crippen molar-refractivity contribution in [2.75, 3.05) is 34.5 Å². The maximum Gasteiger partial charge on any atom is 0.336 e. The van der Waals surface area contributed by atoms with Gasteiger partial charge in [-0.05, 0) is 83.9 Å². The second-order valence-electron chi connectivity index (χ2n) is 9.73. The van der Waals surface area contributed by atoms with Gasteiger partial charge in [-0.25, -0.2) is 4.79 Å². The maximum absolute atomic E-state index is 14.0. The number of halogens is 1. The van der Waals surface area contributed by atoms with Gasteiger partial charge in [0, 0.05) is 29.3 Å². The average molecular weight is 615 g/mol. The molecule has 0 radical (unpaired) electrons. The van der Waals surface area contributed by atoms with E-state index in [1.807, 2.05) is 51.1 Å². The molecule has 0 saturated heterocycles. The van der Waals surface area contributed by atoms with Crippen molar-refractivity contribution < 1.29 is 33.3 Å². The number of benzene rings is 2. The van der Waals surface area contributed by atoms with E-state index in [0.29, 0.717) is 76.8 Å². The first kappa shape index (κ1) is 29.5. The van der Waals surface area contributed by atoms with Gasteiger partial charge in [0.1, 0.15) is 0 Å². The molecule has 0 saturated carbocycles. The molecule has 1 aliphatic carbocycles. The van der Waals surface area contributed by atoms with Gasteiger partial charge in [-0.3, -0.25) is 4.79 Å². The molecule has 4 rings (SSSR count). The number of methoxy groups -OCH3 is 3. The van der Waals surface area contributed by atoms with E-state index in [9.17, 15) is 9.59 Å². The molecule has 0 fully saturated rings. The molecule has 2 atom stereocenters. The molecule has 214 valence electrons. The highest BCUT2D eigenvalue weighted by Gasteiger charge is 2.42. The maximum atomic E-state index is 14.0. The highest BCUT2D eigenvalue weighted by molar-refractivity contribution is 9.10. The molecule has 9 heteroatoms. The fourth-order valence-corrected chi connectivity index (χ4v) is 6.10. The number of esters is 1. The lowest BCUT2D eigenvalue weighted by molar-refractivity contribution is -0.139. The van der Waals surface area contributed by atoms with Crippen molar-refractivity contribution in [3.63, 3.8) is 0 Å². The number of allylic oxidation sites excluding steroid dienone is 3. The first-order valence-corrected chi connectivity index (χ1v) is 14.2. The zero-order valence-corrected chi connectivity index (χ0v) is 25.4. The lowest BCUT2D eigenvalue weighted by Crippen LogP contribution is -2.36. The number of nitrogens with one attached hydrogen (secondary N) is 1. The van der Waals surface area contributed by atoms with E-state index in [2.05, 4.69) is 21.2 Å². The second kappa shape index (κ2) is 12.8. The summed E-state index contributed by atoms with van der Waals surface area (Å²) in [6.45, 7) is 6.41. The number of rotatable bonds is 10. The quantitative estimate of drug-likeness (QED) is 0.317. The van der Waals surface area contributed by atoms with Crippen LogP contribution in [0.15, 0.2) is 57.3 Å². The van der Waals surface area contributed by atoms with Crippen LogP contribution in [-0.4, -0.2) is 46.3 Å². The van der Waals surface area contributed by atoms with E-state index in [-0.39, 0.29) is 11.7 Å². The first-order chi connectivity index (χ1) is 19.3. The molecule has 2 unspecified atom stereocenters. The number of ketones is 1. The van der Waals surface area contributed by atoms with Gasteiger partial charge < -0.3 is 29.0 Å². The van der Waals surface area contributed by atoms with Crippen molar-refractivity contribution in [1.29, 1.82) is 0 Å². The van der Waals surface area contributed by atoms with Crippen LogP contribution in [0.1, 0.15) is 63.0 Å². The molecule has 0 amide bonds. The van der Waals surface area contributed by atoms with E-state index in [0.717, 1.165) is 16.8 Å². The summed E-state index contributed by atoms with van der Waals surface area (Å²) in [5.41, 5.74) is 4.18. The third-order valence-corrected chi connectivity index (χ3v) is 7.82. The molecule has 2 aromatic rings. The Balaban J connectivity index is 1.83. The minimum absolute atomic E-state index is 0.0308. The van der Waals surface area contributed by atoms with Crippen molar-refractivity contribution >= 4 is 27.7 Å². The predicted octanol–water partition coefficient (Wildman–Crippen LogP) is 6.19. The van der Waals surface area contributed by atoms with E-state index in [1.54, 1.807) is 21.3 Å². The average Bonchev–Trinajstić information content (AvgIpc) is 2.94. The van der Waals surface area contributed by atoms with Crippen molar-refractivity contribution in [2.24, 2.45) is 0 Å². The molecular weight excluding hydrogens is 578 g/mol. The van der Waals surface area contributed by atoms with Crippen molar-refractivity contribution in [1.82, 2.24) is 5.32 Å². The summed E-state index contributed by atoms with van der Waals surface area (Å²) in [5.74, 6) is 1.16. The Morgan fingerprint density at radius 3 is 2.35 bits per heavy atom. The Morgan fingerprint density at radius 2 is 1.70 bits per heavy atom. The molecule has 1 heterocycles. The SMILES string of the molecule is CCCOC(=O)C1=C(C)NC2=C(C(=O)CC(c3ccc(OC)c(OC)c3)C2)C1c1cc(Br)c(OC)c(OCC)c1. The molecule has 0 spiro atoms. The highest BCUT2D eigenvalue weighted by atomic mass is 79.9. The zero-order chi connectivity index (χ0) is 29.0. The van der Waals surface area contributed by atoms with Crippen LogP contribution in [0, 0.1) is 0 Å². The summed E-state index contributed by atoms with van der Waals surface area (Å²) < 4.78 is 28.6. The molecular formula is C31H36BrNO7. The summed E-state index contributed by atoms with van der Waals surface area (Å²) in [6.07, 6.45) is 1.58. The van der Waals surface area contributed by atoms with Crippen molar-refractivity contribution in [3.05, 3.63) is 68.5 Å². The second-order valence-corrected chi connectivity index (χ2v) is 10.6. The minimum Gasteiger partial charge on any atom is -0.493 e. The van der Waals surface area contributed by atoms with Crippen LogP contribution in [0.4, 0.5) is 0 Å². The van der Waals surface area contributed by atoms with Crippen LogP contribution in [0.25, 0.3) is 0 Å². The minimum atomic E-state index is -0.624. The number of hydrogen-bond donors (Lipinski definition) is 1. The number of dihydropyridines is 1. The predicted molar refractivity (Wildman–Crippen MR) is 155 cm³/mol. The van der Waals surface area contributed by atoms with Gasteiger partial charge in [0.25, 0.3) is 0 Å². The lowest BCUT2D eigenvalue weighted by atomic mass is 9.71. The summed E-state index contributed by atoms with van der Waals surface area (Å²) >= 11 is 3.60. The van der Waals surface area contributed by atoms with E-state index in [4.69, 9.17) is 23.7 Å². The van der Waals surface area contributed by atoms with E-state index < -0.39 is 11.9 Å². The Hall–Kier alpha value is -3.46. The van der Waals surface area contributed by atoms with Crippen molar-refractivity contribution in [2.45, 2.75) is 51.9 Å². The molecule has 2 aromatic carbocycles. The number of hydrogen-bond acceptors (Lipinski definition) is 8. The van der Waals surface area contributed by atoms with Gasteiger partial charge in [0.05, 0.1) is 44.6 Å². The zero-order valence-electron chi connectivity index (χ0n) is 23.8. The van der Waals surface area contributed by atoms with Gasteiger partial charge in [-0.2, -0.15) is 0 Å². The van der Waals surface area contributed by atoms with Crippen LogP contribution < -0.4 is 24.3 Å². The highest BCUT2D eigenvalue weighted by Crippen LogP contribution is 2.49. The Morgan fingerprint density at radius 1 is 0.975 bits per heavy atom. The number of Topliss-reactive ketones (excluding diaryl/α,β-unsaturated/α-hetero) is 1. The smallest absolute Gasteiger partial charge is 0.336 e. The number of carbonyl (C=O) groups excluding carboxylic acids is 2.